The molecule has 0 bridgehead atoms. The monoisotopic (exact) mass is 553 g/mol. The van der Waals surface area contributed by atoms with Gasteiger partial charge in [-0.3, -0.25) is 4.79 Å². The molecule has 1 unspecified atom stereocenters. The van der Waals surface area contributed by atoms with E-state index in [2.05, 4.69) is 21.6 Å². The zero-order valence-electron chi connectivity index (χ0n) is 23.0. The van der Waals surface area contributed by atoms with Crippen LogP contribution in [0.5, 0.6) is 0 Å². The highest BCUT2D eigenvalue weighted by atomic mass is 19.1. The first-order valence-electron chi connectivity index (χ1n) is 14.5. The van der Waals surface area contributed by atoms with E-state index < -0.39 is 23.6 Å². The van der Waals surface area contributed by atoms with Crippen LogP contribution >= 0.6 is 0 Å². The molecule has 5 rings (SSSR count). The molecule has 10 heteroatoms. The van der Waals surface area contributed by atoms with Crippen LogP contribution in [0.3, 0.4) is 0 Å². The van der Waals surface area contributed by atoms with E-state index in [1.807, 2.05) is 17.0 Å². The van der Waals surface area contributed by atoms with E-state index in [0.29, 0.717) is 57.6 Å². The van der Waals surface area contributed by atoms with Crippen molar-refractivity contribution in [1.29, 1.82) is 0 Å². The number of benzene rings is 1. The second-order valence-corrected chi connectivity index (χ2v) is 11.2. The number of halogens is 1. The Kier molecular flexibility index (Phi) is 9.16. The lowest BCUT2D eigenvalue weighted by Crippen LogP contribution is -2.48. The minimum atomic E-state index is -1.34. The number of hydrogen-bond donors (Lipinski definition) is 3. The van der Waals surface area contributed by atoms with Crippen molar-refractivity contribution in [3.63, 3.8) is 0 Å². The molecule has 2 atom stereocenters. The second-order valence-electron chi connectivity index (χ2n) is 11.2. The Morgan fingerprint density at radius 2 is 2.02 bits per heavy atom. The molecule has 1 aromatic heterocycles. The van der Waals surface area contributed by atoms with Gasteiger partial charge in [-0.15, -0.1) is 0 Å². The average molecular weight is 554 g/mol. The number of aromatic nitrogens is 1. The van der Waals surface area contributed by atoms with Crippen LogP contribution in [0.4, 0.5) is 15.9 Å². The fourth-order valence-corrected chi connectivity index (χ4v) is 5.91. The summed E-state index contributed by atoms with van der Waals surface area (Å²) in [5.74, 6) is -0.585. The van der Waals surface area contributed by atoms with Crippen LogP contribution in [0.2, 0.25) is 0 Å². The third-order valence-electron chi connectivity index (χ3n) is 8.21. The Morgan fingerprint density at radius 3 is 2.85 bits per heavy atom. The number of alkyl halides is 1. The summed E-state index contributed by atoms with van der Waals surface area (Å²) in [6.45, 7) is 5.06. The zero-order chi connectivity index (χ0) is 28.0. The molecular weight excluding hydrogens is 513 g/mol. The van der Waals surface area contributed by atoms with Crippen LogP contribution in [-0.4, -0.2) is 91.1 Å². The van der Waals surface area contributed by atoms with E-state index >= 15 is 4.39 Å². The highest BCUT2D eigenvalue weighted by Gasteiger charge is 2.35. The molecular formula is C30H40FN5O4. The number of morpholine rings is 1. The Labute approximate surface area is 235 Å². The number of hydrogen-bond acceptors (Lipinski definition) is 7. The van der Waals surface area contributed by atoms with Gasteiger partial charge in [0.1, 0.15) is 17.5 Å². The van der Waals surface area contributed by atoms with Gasteiger partial charge in [0.2, 0.25) is 0 Å². The number of anilines is 2. The van der Waals surface area contributed by atoms with Crippen molar-refractivity contribution in [2.45, 2.75) is 56.7 Å². The van der Waals surface area contributed by atoms with E-state index in [0.717, 1.165) is 49.7 Å². The number of fused-ring (bicyclic) bond motifs is 1. The lowest BCUT2D eigenvalue weighted by atomic mass is 9.89. The molecule has 2 fully saturated rings. The van der Waals surface area contributed by atoms with E-state index in [1.165, 1.54) is 5.56 Å². The van der Waals surface area contributed by atoms with E-state index in [4.69, 9.17) is 9.72 Å². The van der Waals surface area contributed by atoms with Crippen molar-refractivity contribution >= 4 is 23.4 Å². The number of carboxylic acids is 1. The summed E-state index contributed by atoms with van der Waals surface area (Å²) in [6.07, 6.45) is 4.49. The first-order chi connectivity index (χ1) is 19.4. The van der Waals surface area contributed by atoms with Crippen LogP contribution in [-0.2, 0) is 22.4 Å². The van der Waals surface area contributed by atoms with Gasteiger partial charge in [-0.25, -0.2) is 14.2 Å². The van der Waals surface area contributed by atoms with Crippen molar-refractivity contribution in [2.75, 3.05) is 62.7 Å². The highest BCUT2D eigenvalue weighted by Crippen LogP contribution is 2.31. The third kappa shape index (κ3) is 7.28. The van der Waals surface area contributed by atoms with Crippen molar-refractivity contribution < 1.29 is 23.8 Å². The molecule has 3 aliphatic rings. The second kappa shape index (κ2) is 13.0. The first kappa shape index (κ1) is 28.3. The number of piperidine rings is 1. The van der Waals surface area contributed by atoms with Gasteiger partial charge in [-0.1, -0.05) is 12.1 Å². The molecule has 0 aliphatic carbocycles. The van der Waals surface area contributed by atoms with Crippen LogP contribution < -0.4 is 15.5 Å². The Hall–Kier alpha value is -3.24. The topological polar surface area (TPSA) is 107 Å². The number of aryl methyl sites for hydroxylation is 2. The predicted molar refractivity (Wildman–Crippen MR) is 152 cm³/mol. The number of aliphatic carboxylic acids is 1. The lowest BCUT2D eigenvalue weighted by Gasteiger charge is -2.38. The number of carbonyl (C=O) groups is 2. The summed E-state index contributed by atoms with van der Waals surface area (Å²) >= 11 is 0. The summed E-state index contributed by atoms with van der Waals surface area (Å²) in [5, 5.41) is 15.8. The smallest absolute Gasteiger partial charge is 0.326 e. The number of amides is 1. The summed E-state index contributed by atoms with van der Waals surface area (Å²) in [7, 11) is 0. The predicted octanol–water partition coefficient (Wildman–Crippen LogP) is 3.29. The van der Waals surface area contributed by atoms with Crippen LogP contribution in [0.15, 0.2) is 36.4 Å². The fourth-order valence-electron chi connectivity index (χ4n) is 5.91. The number of ether oxygens (including phenoxy) is 1. The molecule has 4 heterocycles. The normalized spacial score (nSPS) is 22.2. The standard InChI is InChI=1S/C30H40FN5O4/c31-30(12-9-24-8-7-22-5-2-13-32-27(22)33-24)11-3-14-35(21-30)15-10-26(29(38)39)34-28(37)23-4-1-6-25(20-23)36-16-18-40-19-17-36/h1,4,6-8,20,26H,2-3,5,9-19,21H2,(H,32,33)(H,34,37)(H,38,39)/t26?,30-/m1/s1. The van der Waals surface area contributed by atoms with Crippen molar-refractivity contribution in [3.05, 3.63) is 53.2 Å². The van der Waals surface area contributed by atoms with Crippen LogP contribution in [0, 0.1) is 0 Å². The number of carbonyl (C=O) groups excluding carboxylic acids is 1. The van der Waals surface area contributed by atoms with Gasteiger partial charge in [-0.2, -0.15) is 0 Å². The molecule has 2 aromatic rings. The summed E-state index contributed by atoms with van der Waals surface area (Å²) in [5.41, 5.74) is 2.11. The number of pyridine rings is 1. The summed E-state index contributed by atoms with van der Waals surface area (Å²) < 4.78 is 21.3. The van der Waals surface area contributed by atoms with Gasteiger partial charge < -0.3 is 30.3 Å². The fraction of sp³-hybridized carbons (Fsp3) is 0.567. The van der Waals surface area contributed by atoms with E-state index in [-0.39, 0.29) is 13.0 Å². The van der Waals surface area contributed by atoms with Crippen LogP contribution in [0.25, 0.3) is 0 Å². The number of rotatable bonds is 10. The minimum Gasteiger partial charge on any atom is -0.480 e. The molecule has 1 amide bonds. The number of nitrogens with one attached hydrogen (secondary N) is 2. The van der Waals surface area contributed by atoms with Gasteiger partial charge in [0.05, 0.1) is 13.2 Å². The Morgan fingerprint density at radius 1 is 1.18 bits per heavy atom. The largest absolute Gasteiger partial charge is 0.480 e. The molecule has 40 heavy (non-hydrogen) atoms. The molecule has 9 nitrogen and oxygen atoms in total. The molecule has 0 saturated carbocycles. The number of nitrogens with zero attached hydrogens (tertiary/aromatic N) is 3. The van der Waals surface area contributed by atoms with Crippen LogP contribution in [0.1, 0.15) is 53.7 Å². The van der Waals surface area contributed by atoms with Gasteiger partial charge >= 0.3 is 5.97 Å². The maximum absolute atomic E-state index is 15.9. The number of likely N-dealkylation sites (tertiary alicyclic amines) is 1. The molecule has 2 saturated heterocycles. The molecule has 3 aliphatic heterocycles. The maximum Gasteiger partial charge on any atom is 0.326 e. The lowest BCUT2D eigenvalue weighted by molar-refractivity contribution is -0.139. The van der Waals surface area contributed by atoms with Gasteiger partial charge in [0.25, 0.3) is 5.91 Å². The minimum absolute atomic E-state index is 0.207. The number of carboxylic acid groups (broad SMARTS) is 1. The van der Waals surface area contributed by atoms with Gasteiger partial charge in [0, 0.05) is 49.7 Å². The van der Waals surface area contributed by atoms with E-state index in [9.17, 15) is 14.7 Å². The Bertz CT molecular complexity index is 1190. The maximum atomic E-state index is 15.9. The van der Waals surface area contributed by atoms with E-state index in [1.54, 1.807) is 18.2 Å². The van der Waals surface area contributed by atoms with Crippen molar-refractivity contribution in [3.8, 4) is 0 Å². The summed E-state index contributed by atoms with van der Waals surface area (Å²) in [4.78, 5) is 33.8. The van der Waals surface area contributed by atoms with Gasteiger partial charge in [-0.05, 0) is 81.3 Å². The zero-order valence-corrected chi connectivity index (χ0v) is 23.0. The summed E-state index contributed by atoms with van der Waals surface area (Å²) in [6, 6.07) is 10.3. The van der Waals surface area contributed by atoms with Crippen molar-refractivity contribution in [2.24, 2.45) is 0 Å². The molecule has 0 spiro atoms. The molecule has 3 N–H and O–H groups in total. The molecule has 216 valence electrons. The molecule has 0 radical (unpaired) electrons. The first-order valence-corrected chi connectivity index (χ1v) is 14.5. The highest BCUT2D eigenvalue weighted by molar-refractivity contribution is 5.97. The molecule has 1 aromatic carbocycles. The van der Waals surface area contributed by atoms with Gasteiger partial charge in [0.15, 0.2) is 0 Å². The Balaban J connectivity index is 1.13. The average Bonchev–Trinajstić information content (AvgIpc) is 2.98. The quantitative estimate of drug-likeness (QED) is 0.412. The van der Waals surface area contributed by atoms with Crippen molar-refractivity contribution in [1.82, 2.24) is 15.2 Å². The third-order valence-corrected chi connectivity index (χ3v) is 8.21. The SMILES string of the molecule is O=C(NC(CCN1CCC[C@@](F)(CCc2ccc3c(n2)NCCC3)C1)C(=O)O)c1cccc(N2CCOCC2)c1.